The molecule has 0 atom stereocenters. The predicted molar refractivity (Wildman–Crippen MR) is 105 cm³/mol. The summed E-state index contributed by atoms with van der Waals surface area (Å²) in [7, 11) is -2.19. The zero-order chi connectivity index (χ0) is 20.6. The molecule has 1 saturated heterocycles. The number of carbonyl (C=O) groups excluding carboxylic acids is 2. The zero-order valence-corrected chi connectivity index (χ0v) is 17.0. The van der Waals surface area contributed by atoms with Crippen molar-refractivity contribution in [2.45, 2.75) is 18.7 Å². The number of aromatic nitrogens is 1. The number of aryl methyl sites for hydroxylation is 3. The number of carbonyl (C=O) groups is 2. The van der Waals surface area contributed by atoms with Gasteiger partial charge in [0, 0.05) is 45.0 Å². The van der Waals surface area contributed by atoms with Crippen LogP contribution >= 0.6 is 0 Å². The smallest absolute Gasteiger partial charge is 0.265 e. The molecule has 28 heavy (non-hydrogen) atoms. The lowest BCUT2D eigenvalue weighted by molar-refractivity contribution is 0.0697. The molecule has 2 heterocycles. The summed E-state index contributed by atoms with van der Waals surface area (Å²) in [4.78, 5) is 25.8. The first kappa shape index (κ1) is 20.1. The topological polar surface area (TPSA) is 106 Å². The summed E-state index contributed by atoms with van der Waals surface area (Å²) in [5, 5.41) is 0. The van der Waals surface area contributed by atoms with E-state index in [1.54, 1.807) is 18.0 Å². The SMILES string of the molecule is Cc1ccc(C(=O)N2CCN(S(=O)(=O)c3cc(C(N)=O)n(C)c3)CC2)cc1C. The maximum Gasteiger partial charge on any atom is 0.265 e. The highest BCUT2D eigenvalue weighted by atomic mass is 32.2. The summed E-state index contributed by atoms with van der Waals surface area (Å²) in [5.41, 5.74) is 8.16. The van der Waals surface area contributed by atoms with Gasteiger partial charge in [-0.25, -0.2) is 8.42 Å². The minimum atomic E-state index is -3.76. The molecule has 2 aromatic rings. The van der Waals surface area contributed by atoms with E-state index in [1.165, 1.54) is 21.1 Å². The molecular weight excluding hydrogens is 380 g/mol. The molecule has 8 nitrogen and oxygen atoms in total. The van der Waals surface area contributed by atoms with E-state index in [0.29, 0.717) is 18.7 Å². The molecule has 9 heteroatoms. The van der Waals surface area contributed by atoms with Gasteiger partial charge in [0.1, 0.15) is 10.6 Å². The third-order valence-corrected chi connectivity index (χ3v) is 7.01. The fourth-order valence-electron chi connectivity index (χ4n) is 3.26. The van der Waals surface area contributed by atoms with Crippen molar-refractivity contribution in [3.05, 3.63) is 52.8 Å². The monoisotopic (exact) mass is 404 g/mol. The van der Waals surface area contributed by atoms with Crippen LogP contribution in [0.2, 0.25) is 0 Å². The lowest BCUT2D eigenvalue weighted by Crippen LogP contribution is -2.50. The van der Waals surface area contributed by atoms with Gasteiger partial charge in [0.2, 0.25) is 10.0 Å². The molecule has 0 unspecified atom stereocenters. The second kappa shape index (κ2) is 7.40. The molecule has 0 bridgehead atoms. The second-order valence-electron chi connectivity index (χ2n) is 7.03. The van der Waals surface area contributed by atoms with Crippen molar-refractivity contribution >= 4 is 21.8 Å². The first-order valence-electron chi connectivity index (χ1n) is 8.94. The fraction of sp³-hybridized carbons (Fsp3) is 0.368. The number of benzene rings is 1. The van der Waals surface area contributed by atoms with Crippen LogP contribution in [0.25, 0.3) is 0 Å². The minimum Gasteiger partial charge on any atom is -0.364 e. The van der Waals surface area contributed by atoms with Crippen LogP contribution in [-0.4, -0.2) is 60.2 Å². The normalized spacial score (nSPS) is 15.6. The first-order valence-corrected chi connectivity index (χ1v) is 10.4. The number of hydrogen-bond donors (Lipinski definition) is 1. The molecule has 1 aliphatic rings. The molecule has 1 fully saturated rings. The van der Waals surface area contributed by atoms with Crippen LogP contribution in [0.4, 0.5) is 0 Å². The van der Waals surface area contributed by atoms with E-state index in [9.17, 15) is 18.0 Å². The van der Waals surface area contributed by atoms with Crippen molar-refractivity contribution in [3.8, 4) is 0 Å². The van der Waals surface area contributed by atoms with Gasteiger partial charge in [-0.05, 0) is 43.2 Å². The maximum absolute atomic E-state index is 12.9. The minimum absolute atomic E-state index is 0.0257. The molecule has 1 aliphatic heterocycles. The van der Waals surface area contributed by atoms with Crippen LogP contribution in [0.1, 0.15) is 32.0 Å². The molecule has 2 N–H and O–H groups in total. The number of nitrogens with two attached hydrogens (primary N) is 1. The maximum atomic E-state index is 12.9. The van der Waals surface area contributed by atoms with Crippen LogP contribution in [0.3, 0.4) is 0 Å². The van der Waals surface area contributed by atoms with E-state index in [-0.39, 0.29) is 29.6 Å². The quantitative estimate of drug-likeness (QED) is 0.817. The highest BCUT2D eigenvalue weighted by Crippen LogP contribution is 2.21. The summed E-state index contributed by atoms with van der Waals surface area (Å²) in [6, 6.07) is 6.85. The molecule has 1 aromatic heterocycles. The average Bonchev–Trinajstić information content (AvgIpc) is 3.06. The number of sulfonamides is 1. The first-order chi connectivity index (χ1) is 13.1. The highest BCUT2D eigenvalue weighted by molar-refractivity contribution is 7.89. The Morgan fingerprint density at radius 3 is 2.18 bits per heavy atom. The van der Waals surface area contributed by atoms with E-state index in [1.807, 2.05) is 26.0 Å². The van der Waals surface area contributed by atoms with Crippen LogP contribution in [0.15, 0.2) is 35.4 Å². The molecule has 0 saturated carbocycles. The van der Waals surface area contributed by atoms with E-state index in [4.69, 9.17) is 5.73 Å². The summed E-state index contributed by atoms with van der Waals surface area (Å²) in [6.45, 7) is 4.94. The number of hydrogen-bond acceptors (Lipinski definition) is 4. The van der Waals surface area contributed by atoms with E-state index in [2.05, 4.69) is 0 Å². The van der Waals surface area contributed by atoms with Crippen molar-refractivity contribution in [2.24, 2.45) is 12.8 Å². The molecule has 0 radical (unpaired) electrons. The fourth-order valence-corrected chi connectivity index (χ4v) is 4.75. The van der Waals surface area contributed by atoms with Crippen LogP contribution in [-0.2, 0) is 17.1 Å². The summed E-state index contributed by atoms with van der Waals surface area (Å²) < 4.78 is 28.5. The third kappa shape index (κ3) is 3.67. The van der Waals surface area contributed by atoms with Crippen molar-refractivity contribution in [1.82, 2.24) is 13.8 Å². The largest absolute Gasteiger partial charge is 0.364 e. The Bertz CT molecular complexity index is 1030. The van der Waals surface area contributed by atoms with Gasteiger partial charge in [-0.15, -0.1) is 0 Å². The molecule has 3 rings (SSSR count). The predicted octanol–water partition coefficient (Wildman–Crippen LogP) is 0.888. The summed E-state index contributed by atoms with van der Waals surface area (Å²) >= 11 is 0. The Balaban J connectivity index is 1.72. The van der Waals surface area contributed by atoms with Crippen molar-refractivity contribution < 1.29 is 18.0 Å². The van der Waals surface area contributed by atoms with Gasteiger partial charge >= 0.3 is 0 Å². The Kier molecular flexibility index (Phi) is 5.31. The Hall–Kier alpha value is -2.65. The third-order valence-electron chi connectivity index (χ3n) is 5.15. The molecule has 0 spiro atoms. The molecule has 0 aliphatic carbocycles. The summed E-state index contributed by atoms with van der Waals surface area (Å²) in [5.74, 6) is -0.788. The number of nitrogens with zero attached hydrogens (tertiary/aromatic N) is 3. The van der Waals surface area contributed by atoms with E-state index in [0.717, 1.165) is 11.1 Å². The average molecular weight is 404 g/mol. The number of rotatable bonds is 4. The lowest BCUT2D eigenvalue weighted by Gasteiger charge is -2.34. The van der Waals surface area contributed by atoms with Crippen LogP contribution < -0.4 is 5.73 Å². The Morgan fingerprint density at radius 2 is 1.64 bits per heavy atom. The van der Waals surface area contributed by atoms with Gasteiger partial charge < -0.3 is 15.2 Å². The Labute approximate surface area is 164 Å². The van der Waals surface area contributed by atoms with E-state index < -0.39 is 15.9 Å². The summed E-state index contributed by atoms with van der Waals surface area (Å²) in [6.07, 6.45) is 1.38. The van der Waals surface area contributed by atoms with Crippen LogP contribution in [0, 0.1) is 13.8 Å². The van der Waals surface area contributed by atoms with Crippen LogP contribution in [0.5, 0.6) is 0 Å². The Morgan fingerprint density at radius 1 is 1.00 bits per heavy atom. The van der Waals surface area contributed by atoms with Crippen molar-refractivity contribution in [2.75, 3.05) is 26.2 Å². The van der Waals surface area contributed by atoms with Crippen molar-refractivity contribution in [1.29, 1.82) is 0 Å². The molecule has 1 aromatic carbocycles. The van der Waals surface area contributed by atoms with Crippen molar-refractivity contribution in [3.63, 3.8) is 0 Å². The second-order valence-corrected chi connectivity index (χ2v) is 8.97. The van der Waals surface area contributed by atoms with Gasteiger partial charge in [-0.3, -0.25) is 9.59 Å². The van der Waals surface area contributed by atoms with Gasteiger partial charge in [-0.2, -0.15) is 4.31 Å². The number of primary amides is 1. The molecule has 2 amide bonds. The zero-order valence-electron chi connectivity index (χ0n) is 16.2. The van der Waals surface area contributed by atoms with Gasteiger partial charge in [0.15, 0.2) is 0 Å². The van der Waals surface area contributed by atoms with Gasteiger partial charge in [0.25, 0.3) is 11.8 Å². The van der Waals surface area contributed by atoms with Gasteiger partial charge in [-0.1, -0.05) is 6.07 Å². The lowest BCUT2D eigenvalue weighted by atomic mass is 10.1. The number of amides is 2. The van der Waals surface area contributed by atoms with Gasteiger partial charge in [0.05, 0.1) is 0 Å². The molecule has 150 valence electrons. The molecular formula is C19H24N4O4S. The number of piperazine rings is 1. The van der Waals surface area contributed by atoms with E-state index >= 15 is 0 Å². The highest BCUT2D eigenvalue weighted by Gasteiger charge is 2.31. The standard InChI is InChI=1S/C19H24N4O4S/c1-13-4-5-15(10-14(13)2)19(25)22-6-8-23(9-7-22)28(26,27)16-11-17(18(20)24)21(3)12-16/h4-5,10-12H,6-9H2,1-3H3,(H2,20,24).